The first kappa shape index (κ1) is 13.9. The molecule has 2 rings (SSSR count). The molecule has 0 bridgehead atoms. The average Bonchev–Trinajstić information content (AvgIpc) is 2.47. The van der Waals surface area contributed by atoms with E-state index in [0.29, 0.717) is 15.5 Å². The largest absolute Gasteiger partial charge is 0.471 e. The highest BCUT2D eigenvalue weighted by Gasteiger charge is 2.43. The second-order valence-corrected chi connectivity index (χ2v) is 4.64. The van der Waals surface area contributed by atoms with Crippen LogP contribution in [0, 0.1) is 0 Å². The molecule has 0 spiro atoms. The molecule has 1 aliphatic rings. The number of amides is 1. The van der Waals surface area contributed by atoms with Crippen molar-refractivity contribution in [2.45, 2.75) is 12.6 Å². The molecular weight excluding hydrogens is 283 g/mol. The number of hydrogen-bond acceptors (Lipinski definition) is 2. The Labute approximate surface area is 111 Å². The second kappa shape index (κ2) is 4.85. The zero-order chi connectivity index (χ0) is 14.2. The van der Waals surface area contributed by atoms with E-state index in [-0.39, 0.29) is 18.5 Å². The van der Waals surface area contributed by atoms with Crippen LogP contribution >= 0.6 is 11.6 Å². The van der Waals surface area contributed by atoms with Crippen LogP contribution < -0.4 is 0 Å². The van der Waals surface area contributed by atoms with Crippen LogP contribution in [0.2, 0.25) is 5.02 Å². The molecule has 0 saturated heterocycles. The summed E-state index contributed by atoms with van der Waals surface area (Å²) in [7, 11) is 0. The highest BCUT2D eigenvalue weighted by atomic mass is 35.5. The molecule has 1 aliphatic heterocycles. The van der Waals surface area contributed by atoms with Gasteiger partial charge in [0.1, 0.15) is 0 Å². The highest BCUT2D eigenvalue weighted by molar-refractivity contribution is 6.31. The summed E-state index contributed by atoms with van der Waals surface area (Å²) in [6, 6.07) is 4.58. The van der Waals surface area contributed by atoms with Crippen LogP contribution in [0.25, 0.3) is 0 Å². The van der Waals surface area contributed by atoms with Crippen LogP contribution in [0.4, 0.5) is 13.2 Å². The Balaban J connectivity index is 2.28. The number of ketones is 1. The predicted octanol–water partition coefficient (Wildman–Crippen LogP) is 2.47. The molecule has 0 N–H and O–H groups in total. The quantitative estimate of drug-likeness (QED) is 0.736. The fraction of sp³-hybridized carbons (Fsp3) is 0.333. The number of nitrogens with zero attached hydrogens (tertiary/aromatic N) is 1. The Kier molecular flexibility index (Phi) is 3.54. The summed E-state index contributed by atoms with van der Waals surface area (Å²) in [6.07, 6.45) is -4.77. The molecule has 0 unspecified atom stereocenters. The number of hydrogen-bond donors (Lipinski definition) is 0. The Morgan fingerprint density at radius 3 is 2.63 bits per heavy atom. The predicted molar refractivity (Wildman–Crippen MR) is 62.1 cm³/mol. The van der Waals surface area contributed by atoms with Gasteiger partial charge in [-0.25, -0.2) is 0 Å². The van der Waals surface area contributed by atoms with E-state index >= 15 is 0 Å². The third-order valence-corrected chi connectivity index (χ3v) is 3.12. The first-order valence-corrected chi connectivity index (χ1v) is 5.84. The van der Waals surface area contributed by atoms with Crippen molar-refractivity contribution in [2.75, 3.05) is 13.1 Å². The molecule has 0 aromatic heterocycles. The monoisotopic (exact) mass is 291 g/mol. The third kappa shape index (κ3) is 2.89. The Hall–Kier alpha value is -1.56. The normalized spacial score (nSPS) is 16.0. The Morgan fingerprint density at radius 2 is 2.00 bits per heavy atom. The van der Waals surface area contributed by atoms with Gasteiger partial charge >= 0.3 is 12.1 Å². The van der Waals surface area contributed by atoms with Crippen LogP contribution in [0.3, 0.4) is 0 Å². The van der Waals surface area contributed by atoms with Crippen LogP contribution in [-0.4, -0.2) is 35.9 Å². The van der Waals surface area contributed by atoms with Crippen molar-refractivity contribution in [3.05, 3.63) is 34.3 Å². The molecule has 1 heterocycles. The van der Waals surface area contributed by atoms with E-state index in [1.165, 1.54) is 6.07 Å². The van der Waals surface area contributed by atoms with Gasteiger partial charge in [-0.05, 0) is 24.1 Å². The zero-order valence-corrected chi connectivity index (χ0v) is 10.4. The summed E-state index contributed by atoms with van der Waals surface area (Å²) in [6.45, 7) is -0.718. The van der Waals surface area contributed by atoms with Crippen molar-refractivity contribution in [3.63, 3.8) is 0 Å². The summed E-state index contributed by atoms with van der Waals surface area (Å²) < 4.78 is 37.1. The lowest BCUT2D eigenvalue weighted by molar-refractivity contribution is -0.184. The van der Waals surface area contributed by atoms with E-state index in [0.717, 1.165) is 0 Å². The van der Waals surface area contributed by atoms with Crippen LogP contribution in [0.5, 0.6) is 0 Å². The summed E-state index contributed by atoms with van der Waals surface area (Å²) in [5.41, 5.74) is 0.886. The van der Waals surface area contributed by atoms with Gasteiger partial charge in [0.05, 0.1) is 6.54 Å². The van der Waals surface area contributed by atoms with Crippen molar-refractivity contribution in [1.29, 1.82) is 0 Å². The minimum atomic E-state index is -4.96. The summed E-state index contributed by atoms with van der Waals surface area (Å²) in [5.74, 6) is -2.52. The van der Waals surface area contributed by atoms with Gasteiger partial charge in [-0.15, -0.1) is 0 Å². The molecule has 0 radical (unpaired) electrons. The summed E-state index contributed by atoms with van der Waals surface area (Å²) in [5, 5.41) is 0.336. The highest BCUT2D eigenvalue weighted by Crippen LogP contribution is 2.24. The fourth-order valence-electron chi connectivity index (χ4n) is 1.97. The lowest BCUT2D eigenvalue weighted by atomic mass is 10.0. The number of benzene rings is 1. The maximum absolute atomic E-state index is 12.4. The second-order valence-electron chi connectivity index (χ2n) is 4.20. The number of Topliss-reactive ketones (excluding diaryl/α,β-unsaturated/α-hetero) is 1. The first-order chi connectivity index (χ1) is 8.79. The molecular formula is C12H9ClF3NO2. The molecule has 102 valence electrons. The molecule has 0 fully saturated rings. The maximum Gasteiger partial charge on any atom is 0.471 e. The third-order valence-electron chi connectivity index (χ3n) is 2.89. The van der Waals surface area contributed by atoms with Crippen molar-refractivity contribution < 1.29 is 22.8 Å². The summed E-state index contributed by atoms with van der Waals surface area (Å²) in [4.78, 5) is 23.6. The van der Waals surface area contributed by atoms with Crippen LogP contribution in [0.15, 0.2) is 18.2 Å². The van der Waals surface area contributed by atoms with E-state index in [1.807, 2.05) is 0 Å². The molecule has 19 heavy (non-hydrogen) atoms. The minimum absolute atomic E-state index is 0.140. The molecule has 7 heteroatoms. The van der Waals surface area contributed by atoms with E-state index in [9.17, 15) is 22.8 Å². The Bertz CT molecular complexity index is 542. The fourth-order valence-corrected chi connectivity index (χ4v) is 2.14. The van der Waals surface area contributed by atoms with Gasteiger partial charge in [-0.3, -0.25) is 9.59 Å². The number of halogens is 4. The van der Waals surface area contributed by atoms with Gasteiger partial charge in [0, 0.05) is 17.1 Å². The van der Waals surface area contributed by atoms with Gasteiger partial charge in [0.15, 0.2) is 5.78 Å². The van der Waals surface area contributed by atoms with Gasteiger partial charge in [-0.2, -0.15) is 13.2 Å². The van der Waals surface area contributed by atoms with Crippen LogP contribution in [0.1, 0.15) is 15.9 Å². The van der Waals surface area contributed by atoms with Crippen molar-refractivity contribution in [2.24, 2.45) is 0 Å². The van der Waals surface area contributed by atoms with Gasteiger partial charge < -0.3 is 4.90 Å². The zero-order valence-electron chi connectivity index (χ0n) is 9.63. The molecule has 1 amide bonds. The number of carbonyl (C=O) groups is 2. The van der Waals surface area contributed by atoms with Crippen LogP contribution in [-0.2, 0) is 11.2 Å². The van der Waals surface area contributed by atoms with Gasteiger partial charge in [0.25, 0.3) is 0 Å². The standard InChI is InChI=1S/C12H9ClF3NO2/c13-8-2-1-7-3-4-17(11(19)12(14,15)16)6-10(18)9(7)5-8/h1-2,5H,3-4,6H2. The van der Waals surface area contributed by atoms with Gasteiger partial charge in [0.2, 0.25) is 0 Å². The molecule has 1 aromatic carbocycles. The molecule has 0 atom stereocenters. The maximum atomic E-state index is 12.4. The van der Waals surface area contributed by atoms with Gasteiger partial charge in [-0.1, -0.05) is 17.7 Å². The lowest BCUT2D eigenvalue weighted by Crippen LogP contribution is -2.43. The lowest BCUT2D eigenvalue weighted by Gasteiger charge is -2.20. The number of fused-ring (bicyclic) bond motifs is 1. The average molecular weight is 292 g/mol. The van der Waals surface area contributed by atoms with E-state index < -0.39 is 24.4 Å². The number of carbonyl (C=O) groups excluding carboxylic acids is 2. The minimum Gasteiger partial charge on any atom is -0.327 e. The SMILES string of the molecule is O=C1CN(C(=O)C(F)(F)F)CCc2ccc(Cl)cc21. The van der Waals surface area contributed by atoms with E-state index in [2.05, 4.69) is 0 Å². The first-order valence-electron chi connectivity index (χ1n) is 5.47. The Morgan fingerprint density at radius 1 is 1.32 bits per heavy atom. The van der Waals surface area contributed by atoms with E-state index in [4.69, 9.17) is 11.6 Å². The molecule has 1 aromatic rings. The van der Waals surface area contributed by atoms with Crippen molar-refractivity contribution >= 4 is 23.3 Å². The molecule has 0 aliphatic carbocycles. The molecule has 3 nitrogen and oxygen atoms in total. The smallest absolute Gasteiger partial charge is 0.327 e. The van der Waals surface area contributed by atoms with Crippen molar-refractivity contribution in [3.8, 4) is 0 Å². The number of alkyl halides is 3. The van der Waals surface area contributed by atoms with E-state index in [1.54, 1.807) is 12.1 Å². The number of rotatable bonds is 0. The molecule has 0 saturated carbocycles. The topological polar surface area (TPSA) is 37.4 Å². The van der Waals surface area contributed by atoms with Crippen molar-refractivity contribution in [1.82, 2.24) is 4.90 Å². The summed E-state index contributed by atoms with van der Waals surface area (Å²) >= 11 is 5.75.